The second-order valence-corrected chi connectivity index (χ2v) is 8.70. The Morgan fingerprint density at radius 2 is 1.53 bits per heavy atom. The number of aliphatic hydroxyl groups is 1. The van der Waals surface area contributed by atoms with E-state index in [2.05, 4.69) is 10.6 Å². The molecule has 1 fully saturated rings. The van der Waals surface area contributed by atoms with E-state index >= 15 is 0 Å². The molecule has 1 aliphatic heterocycles. The molecule has 0 saturated carbocycles. The molecule has 0 aromatic rings. The number of likely N-dealkylation sites (tertiary alicyclic amines) is 1. The molecule has 172 valence electrons. The minimum Gasteiger partial charge on any atom is -0.480 e. The molecule has 0 aromatic heterocycles. The highest BCUT2D eigenvalue weighted by Crippen LogP contribution is 2.20. The number of carboxylic acid groups (broad SMARTS) is 1. The molecule has 0 radical (unpaired) electrons. The molecule has 1 heterocycles. The van der Waals surface area contributed by atoms with E-state index in [1.54, 1.807) is 0 Å². The first-order chi connectivity index (χ1) is 14.0. The zero-order valence-electron chi connectivity index (χ0n) is 18.3. The molecule has 10 nitrogen and oxygen atoms in total. The summed E-state index contributed by atoms with van der Waals surface area (Å²) < 4.78 is 0. The molecule has 3 amide bonds. The number of hydrogen-bond donors (Lipinski definition) is 5. The lowest BCUT2D eigenvalue weighted by atomic mass is 9.99. The van der Waals surface area contributed by atoms with Crippen molar-refractivity contribution < 1.29 is 29.4 Å². The van der Waals surface area contributed by atoms with Crippen molar-refractivity contribution in [3.8, 4) is 0 Å². The van der Waals surface area contributed by atoms with Crippen LogP contribution >= 0.6 is 0 Å². The van der Waals surface area contributed by atoms with Gasteiger partial charge < -0.3 is 31.5 Å². The lowest BCUT2D eigenvalue weighted by molar-refractivity contribution is -0.149. The molecular weight excluding hydrogens is 392 g/mol. The number of carbonyl (C=O) groups is 4. The first-order valence-corrected chi connectivity index (χ1v) is 10.5. The summed E-state index contributed by atoms with van der Waals surface area (Å²) in [6, 6.07) is -3.86. The largest absolute Gasteiger partial charge is 0.480 e. The molecular formula is C20H36N4O6. The van der Waals surface area contributed by atoms with Gasteiger partial charge in [0.05, 0.1) is 6.61 Å². The lowest BCUT2D eigenvalue weighted by Crippen LogP contribution is -2.57. The number of carboxylic acids is 1. The molecule has 0 bridgehead atoms. The normalized spacial score (nSPS) is 19.5. The van der Waals surface area contributed by atoms with E-state index in [9.17, 15) is 24.3 Å². The number of nitrogens with zero attached hydrogens (tertiary/aromatic N) is 1. The summed E-state index contributed by atoms with van der Waals surface area (Å²) in [6.07, 6.45) is 1.64. The molecule has 1 rings (SSSR count). The SMILES string of the molecule is CC(C)CC(NC(=O)C(N)CO)C(=O)NC(CC(C)C)C(=O)N1CCCC1C(=O)O. The molecule has 1 saturated heterocycles. The van der Waals surface area contributed by atoms with E-state index in [-0.39, 0.29) is 11.8 Å². The third-order valence-corrected chi connectivity index (χ3v) is 5.02. The summed E-state index contributed by atoms with van der Waals surface area (Å²) in [4.78, 5) is 50.9. The van der Waals surface area contributed by atoms with Gasteiger partial charge in [-0.2, -0.15) is 0 Å². The number of carbonyl (C=O) groups excluding carboxylic acids is 3. The van der Waals surface area contributed by atoms with Crippen LogP contribution in [0.2, 0.25) is 0 Å². The van der Waals surface area contributed by atoms with Gasteiger partial charge in [0.25, 0.3) is 0 Å². The number of hydrogen-bond acceptors (Lipinski definition) is 6. The molecule has 0 spiro atoms. The van der Waals surface area contributed by atoms with Crippen LogP contribution in [-0.2, 0) is 19.2 Å². The van der Waals surface area contributed by atoms with Crippen molar-refractivity contribution in [2.24, 2.45) is 17.6 Å². The third-order valence-electron chi connectivity index (χ3n) is 5.02. The van der Waals surface area contributed by atoms with Crippen molar-refractivity contribution in [2.45, 2.75) is 77.5 Å². The van der Waals surface area contributed by atoms with Crippen LogP contribution in [0, 0.1) is 11.8 Å². The summed E-state index contributed by atoms with van der Waals surface area (Å²) >= 11 is 0. The minimum absolute atomic E-state index is 0.0700. The van der Waals surface area contributed by atoms with Gasteiger partial charge in [-0.3, -0.25) is 14.4 Å². The van der Waals surface area contributed by atoms with Gasteiger partial charge in [-0.05, 0) is 37.5 Å². The molecule has 6 N–H and O–H groups in total. The Kier molecular flexibility index (Phi) is 10.2. The monoisotopic (exact) mass is 428 g/mol. The standard InChI is InChI=1S/C20H36N4O6/c1-11(2)8-14(22-17(26)13(21)10-25)18(27)23-15(9-12(3)4)19(28)24-7-5-6-16(24)20(29)30/h11-16,25H,5-10,21H2,1-4H3,(H,22,26)(H,23,27)(H,29,30). The summed E-state index contributed by atoms with van der Waals surface area (Å²) in [5.74, 6) is -2.53. The first-order valence-electron chi connectivity index (χ1n) is 10.5. The van der Waals surface area contributed by atoms with Crippen molar-refractivity contribution in [3.63, 3.8) is 0 Å². The first kappa shape index (κ1) is 25.8. The van der Waals surface area contributed by atoms with Crippen LogP contribution in [0.25, 0.3) is 0 Å². The Hall–Kier alpha value is -2.20. The van der Waals surface area contributed by atoms with Crippen LogP contribution in [0.1, 0.15) is 53.4 Å². The van der Waals surface area contributed by atoms with Crippen molar-refractivity contribution in [1.82, 2.24) is 15.5 Å². The Morgan fingerprint density at radius 3 is 2.03 bits per heavy atom. The van der Waals surface area contributed by atoms with Gasteiger partial charge in [-0.15, -0.1) is 0 Å². The van der Waals surface area contributed by atoms with E-state index in [0.717, 1.165) is 0 Å². The molecule has 1 aliphatic rings. The summed E-state index contributed by atoms with van der Waals surface area (Å²) in [5.41, 5.74) is 5.53. The van der Waals surface area contributed by atoms with E-state index in [1.165, 1.54) is 4.90 Å². The summed E-state index contributed by atoms with van der Waals surface area (Å²) in [6.45, 7) is 7.35. The van der Waals surface area contributed by atoms with Crippen LogP contribution in [0.15, 0.2) is 0 Å². The topological polar surface area (TPSA) is 162 Å². The highest BCUT2D eigenvalue weighted by Gasteiger charge is 2.38. The second-order valence-electron chi connectivity index (χ2n) is 8.70. The highest BCUT2D eigenvalue weighted by molar-refractivity contribution is 5.94. The van der Waals surface area contributed by atoms with Gasteiger partial charge in [-0.25, -0.2) is 4.79 Å². The van der Waals surface area contributed by atoms with Crippen molar-refractivity contribution in [2.75, 3.05) is 13.2 Å². The highest BCUT2D eigenvalue weighted by atomic mass is 16.4. The van der Waals surface area contributed by atoms with Crippen LogP contribution in [0.3, 0.4) is 0 Å². The van der Waals surface area contributed by atoms with E-state index < -0.39 is 54.5 Å². The number of amides is 3. The summed E-state index contributed by atoms with van der Waals surface area (Å²) in [7, 11) is 0. The van der Waals surface area contributed by atoms with Crippen LogP contribution in [0.5, 0.6) is 0 Å². The maximum atomic E-state index is 13.1. The van der Waals surface area contributed by atoms with Crippen molar-refractivity contribution in [1.29, 1.82) is 0 Å². The Labute approximate surface area is 177 Å². The number of rotatable bonds is 11. The Morgan fingerprint density at radius 1 is 1.00 bits per heavy atom. The fraction of sp³-hybridized carbons (Fsp3) is 0.800. The van der Waals surface area contributed by atoms with E-state index in [1.807, 2.05) is 27.7 Å². The number of aliphatic carboxylic acids is 1. The molecule has 4 atom stereocenters. The average molecular weight is 429 g/mol. The lowest BCUT2D eigenvalue weighted by Gasteiger charge is -2.30. The number of nitrogens with two attached hydrogens (primary N) is 1. The van der Waals surface area contributed by atoms with Gasteiger partial charge in [0.15, 0.2) is 0 Å². The smallest absolute Gasteiger partial charge is 0.326 e. The molecule has 0 aliphatic carbocycles. The molecule has 0 aromatic carbocycles. The predicted octanol–water partition coefficient (Wildman–Crippen LogP) is -0.557. The summed E-state index contributed by atoms with van der Waals surface area (Å²) in [5, 5.41) is 23.7. The Bertz CT molecular complexity index is 624. The van der Waals surface area contributed by atoms with Gasteiger partial charge in [0.2, 0.25) is 17.7 Å². The average Bonchev–Trinajstić information content (AvgIpc) is 3.14. The number of nitrogens with one attached hydrogen (secondary N) is 2. The Balaban J connectivity index is 2.99. The van der Waals surface area contributed by atoms with Gasteiger partial charge in [-0.1, -0.05) is 27.7 Å². The van der Waals surface area contributed by atoms with Crippen LogP contribution in [0.4, 0.5) is 0 Å². The van der Waals surface area contributed by atoms with E-state index in [0.29, 0.717) is 32.2 Å². The van der Waals surface area contributed by atoms with Crippen molar-refractivity contribution in [3.05, 3.63) is 0 Å². The number of aliphatic hydroxyl groups excluding tert-OH is 1. The fourth-order valence-electron chi connectivity index (χ4n) is 3.52. The fourth-order valence-corrected chi connectivity index (χ4v) is 3.52. The minimum atomic E-state index is -1.15. The molecule has 30 heavy (non-hydrogen) atoms. The predicted molar refractivity (Wildman–Crippen MR) is 110 cm³/mol. The maximum Gasteiger partial charge on any atom is 0.326 e. The molecule has 10 heteroatoms. The van der Waals surface area contributed by atoms with Gasteiger partial charge >= 0.3 is 5.97 Å². The van der Waals surface area contributed by atoms with Crippen molar-refractivity contribution >= 4 is 23.7 Å². The van der Waals surface area contributed by atoms with Crippen LogP contribution in [-0.4, -0.2) is 76.1 Å². The second kappa shape index (κ2) is 11.8. The zero-order chi connectivity index (χ0) is 23.0. The zero-order valence-corrected chi connectivity index (χ0v) is 18.3. The van der Waals surface area contributed by atoms with Crippen LogP contribution < -0.4 is 16.4 Å². The quantitative estimate of drug-likeness (QED) is 0.295. The maximum absolute atomic E-state index is 13.1. The van der Waals surface area contributed by atoms with Gasteiger partial charge in [0, 0.05) is 6.54 Å². The van der Waals surface area contributed by atoms with Gasteiger partial charge in [0.1, 0.15) is 24.2 Å². The molecule has 4 unspecified atom stereocenters. The third kappa shape index (κ3) is 7.56. The van der Waals surface area contributed by atoms with E-state index in [4.69, 9.17) is 10.8 Å².